The number of hydrogen-bond donors (Lipinski definition) is 3. The first-order chi connectivity index (χ1) is 33.6. The molecule has 0 amide bonds. The number of likely N-dealkylation sites (N-methyl/N-ethyl adjacent to an activating group) is 1. The van der Waals surface area contributed by atoms with Gasteiger partial charge in [-0.3, -0.25) is 18.9 Å². The third-order valence-corrected chi connectivity index (χ3v) is 13.9. The summed E-state index contributed by atoms with van der Waals surface area (Å²) in [5.41, 5.74) is 6.22. The first-order valence-electron chi connectivity index (χ1n) is 26.9. The Balaban J connectivity index is 5.00. The van der Waals surface area contributed by atoms with E-state index >= 15 is 0 Å². The van der Waals surface area contributed by atoms with Crippen LogP contribution in [0.2, 0.25) is 0 Å². The van der Waals surface area contributed by atoms with Gasteiger partial charge in [-0.15, -0.1) is 11.8 Å². The van der Waals surface area contributed by atoms with E-state index in [0.717, 1.165) is 32.1 Å². The van der Waals surface area contributed by atoms with Gasteiger partial charge in [-0.1, -0.05) is 177 Å². The van der Waals surface area contributed by atoms with Crippen LogP contribution in [0.15, 0.2) is 60.8 Å². The highest BCUT2D eigenvalue weighted by Gasteiger charge is 2.25. The van der Waals surface area contributed by atoms with Crippen LogP contribution in [0.5, 0.6) is 0 Å². The zero-order valence-electron chi connectivity index (χ0n) is 44.4. The average molecular weight is 1030 g/mol. The van der Waals surface area contributed by atoms with Gasteiger partial charge in [0.25, 0.3) is 7.82 Å². The van der Waals surface area contributed by atoms with Gasteiger partial charge in [-0.05, 0) is 64.2 Å². The molecule has 0 saturated carbocycles. The van der Waals surface area contributed by atoms with E-state index in [9.17, 15) is 28.9 Å². The first-order valence-corrected chi connectivity index (χ1v) is 29.4. The van der Waals surface area contributed by atoms with Crippen molar-refractivity contribution in [3.05, 3.63) is 60.8 Å². The number of carboxylic acid groups (broad SMARTS) is 1. The number of thioether (sulfide) groups is 1. The Labute approximate surface area is 429 Å². The molecule has 0 aliphatic rings. The second-order valence-electron chi connectivity index (χ2n) is 19.4. The Morgan fingerprint density at radius 3 is 1.79 bits per heavy atom. The number of phosphoric acid groups is 1. The molecule has 0 aliphatic carbocycles. The first kappa shape index (κ1) is 67.5. The van der Waals surface area contributed by atoms with Crippen molar-refractivity contribution in [1.82, 2.24) is 0 Å². The lowest BCUT2D eigenvalue weighted by Crippen LogP contribution is -2.39. The number of nitrogens with zero attached hydrogens (tertiary/aromatic N) is 1. The molecule has 0 fully saturated rings. The Hall–Kier alpha value is -2.55. The lowest BCUT2D eigenvalue weighted by Gasteiger charge is -2.28. The van der Waals surface area contributed by atoms with Crippen molar-refractivity contribution >= 4 is 37.5 Å². The lowest BCUT2D eigenvalue weighted by molar-refractivity contribution is -0.870. The van der Waals surface area contributed by atoms with E-state index in [1.54, 1.807) is 12.2 Å². The quantitative estimate of drug-likeness (QED) is 0.0130. The number of unbranched alkanes of at least 4 members (excludes halogenated alkanes) is 20. The van der Waals surface area contributed by atoms with Crippen LogP contribution in [0.25, 0.3) is 0 Å². The molecule has 0 rings (SSSR count). The number of nitrogens with two attached hydrogens (primary N) is 1. The maximum absolute atomic E-state index is 13.1. The Morgan fingerprint density at radius 2 is 1.20 bits per heavy atom. The van der Waals surface area contributed by atoms with Gasteiger partial charge in [0.05, 0.1) is 33.9 Å². The molecule has 70 heavy (non-hydrogen) atoms. The molecule has 1 unspecified atom stereocenters. The predicted molar refractivity (Wildman–Crippen MR) is 287 cm³/mol. The molecule has 0 heterocycles. The number of ether oxygens (including phenoxy) is 2. The molecule has 0 bridgehead atoms. The maximum Gasteiger partial charge on any atom is 0.323 e. The fourth-order valence-electron chi connectivity index (χ4n) is 7.15. The van der Waals surface area contributed by atoms with Crippen LogP contribution in [0, 0.1) is 0 Å². The number of aliphatic hydroxyl groups excluding tert-OH is 1. The maximum atomic E-state index is 13.1. The van der Waals surface area contributed by atoms with Crippen LogP contribution in [0.3, 0.4) is 0 Å². The third kappa shape index (κ3) is 46.5. The molecular formula is C55H99N2O11PS. The molecule has 0 aromatic rings. The van der Waals surface area contributed by atoms with E-state index in [4.69, 9.17) is 29.4 Å². The lowest BCUT2D eigenvalue weighted by atomic mass is 10.0. The van der Waals surface area contributed by atoms with Gasteiger partial charge in [0.2, 0.25) is 0 Å². The van der Waals surface area contributed by atoms with Crippen LogP contribution in [-0.4, -0.2) is 109 Å². The van der Waals surface area contributed by atoms with Gasteiger partial charge >= 0.3 is 17.9 Å². The monoisotopic (exact) mass is 1030 g/mol. The summed E-state index contributed by atoms with van der Waals surface area (Å²) in [4.78, 5) is 49.7. The second-order valence-corrected chi connectivity index (χ2v) is 22.1. The van der Waals surface area contributed by atoms with Crippen LogP contribution >= 0.6 is 19.6 Å². The largest absolute Gasteiger partial charge is 0.756 e. The van der Waals surface area contributed by atoms with Gasteiger partial charge in [0, 0.05) is 23.8 Å². The Kier molecular flexibility index (Phi) is 44.6. The van der Waals surface area contributed by atoms with Crippen molar-refractivity contribution in [2.75, 3.05) is 53.3 Å². The fourth-order valence-corrected chi connectivity index (χ4v) is 9.00. The van der Waals surface area contributed by atoms with Crippen molar-refractivity contribution in [2.24, 2.45) is 5.73 Å². The minimum atomic E-state index is -4.77. The van der Waals surface area contributed by atoms with Crippen LogP contribution in [0.4, 0.5) is 0 Å². The molecule has 0 aromatic carbocycles. The summed E-state index contributed by atoms with van der Waals surface area (Å²) < 4.78 is 34.1. The number of allylic oxidation sites excluding steroid dienone is 9. The standard InChI is InChI=1S/C55H99N2O11PS/c1-6-8-10-12-14-16-18-20-21-22-23-24-25-26-27-28-30-32-34-36-38-43-54(61)68-49(47-67-69(63,64)66-45-44-57(3,4)5)46-65-55(62)50(56)48-70-52(51(58)40-39-42-53(59)60)41-37-35-33-31-29-19-17-15-13-11-9-7-2/h15,17,20-21,29,31,33,35,37,41,49-52,58H,6-14,16,18-19,22-28,30,32,34,36,38-40,42-48,56H2,1-5H3,(H-,59,60,63,64)/b17-15-,21-20-,31-29-,35-33+,41-37+/t49-,50+,51+,52-/m1/s1. The topological polar surface area (TPSA) is 195 Å². The molecule has 0 spiro atoms. The van der Waals surface area contributed by atoms with E-state index in [-0.39, 0.29) is 38.0 Å². The number of aliphatic hydroxyl groups is 1. The number of carbonyl (C=O) groups excluding carboxylic acids is 2. The smallest absolute Gasteiger partial charge is 0.323 e. The Morgan fingerprint density at radius 1 is 0.671 bits per heavy atom. The normalized spacial score (nSPS) is 15.1. The molecule has 15 heteroatoms. The van der Waals surface area contributed by atoms with Crippen LogP contribution in [-0.2, 0) is 37.5 Å². The van der Waals surface area contributed by atoms with Gasteiger partial charge in [0.15, 0.2) is 6.10 Å². The van der Waals surface area contributed by atoms with Crippen molar-refractivity contribution in [3.8, 4) is 0 Å². The van der Waals surface area contributed by atoms with Crippen molar-refractivity contribution in [2.45, 2.75) is 217 Å². The summed E-state index contributed by atoms with van der Waals surface area (Å²) >= 11 is 1.22. The number of aliphatic carboxylic acids is 1. The number of phosphoric ester groups is 1. The average Bonchev–Trinajstić information content (AvgIpc) is 3.30. The number of esters is 2. The highest BCUT2D eigenvalue weighted by atomic mass is 32.2. The summed E-state index contributed by atoms with van der Waals surface area (Å²) in [6, 6.07) is -1.14. The highest BCUT2D eigenvalue weighted by Crippen LogP contribution is 2.38. The molecule has 0 aromatic heterocycles. The molecular weight excluding hydrogens is 928 g/mol. The van der Waals surface area contributed by atoms with Crippen LogP contribution < -0.4 is 10.6 Å². The number of carbonyl (C=O) groups is 3. The molecule has 0 saturated heterocycles. The highest BCUT2D eigenvalue weighted by molar-refractivity contribution is 8.00. The minimum absolute atomic E-state index is 0.0480. The SMILES string of the molecule is CCCCC/C=C\C\C=C/C=C/C=C/[C@@H](SC[C@H](N)C(=O)OC[C@H](COP(=O)([O-])OCC[N+](C)(C)C)OC(=O)CCCCCCCCCCCCC/C=C\CCCCCCCC)[C@@H](O)CCCC(=O)O. The predicted octanol–water partition coefficient (Wildman–Crippen LogP) is 12.3. The van der Waals surface area contributed by atoms with Crippen molar-refractivity contribution in [3.63, 3.8) is 0 Å². The minimum Gasteiger partial charge on any atom is -0.756 e. The van der Waals surface area contributed by atoms with E-state index in [2.05, 4.69) is 38.2 Å². The third-order valence-electron chi connectivity index (χ3n) is 11.5. The second kappa shape index (κ2) is 46.3. The van der Waals surface area contributed by atoms with Gasteiger partial charge < -0.3 is 43.8 Å². The molecule has 0 aliphatic heterocycles. The van der Waals surface area contributed by atoms with Crippen LogP contribution in [0.1, 0.15) is 194 Å². The summed E-state index contributed by atoms with van der Waals surface area (Å²) in [5, 5.41) is 19.5. The van der Waals surface area contributed by atoms with Crippen molar-refractivity contribution in [1.29, 1.82) is 0 Å². The number of rotatable bonds is 49. The van der Waals surface area contributed by atoms with E-state index in [0.29, 0.717) is 17.4 Å². The fraction of sp³-hybridized carbons (Fsp3) is 0.764. The van der Waals surface area contributed by atoms with Gasteiger partial charge in [-0.25, -0.2) is 0 Å². The van der Waals surface area contributed by atoms with Gasteiger partial charge in [-0.2, -0.15) is 0 Å². The number of hydrogen-bond acceptors (Lipinski definition) is 12. The summed E-state index contributed by atoms with van der Waals surface area (Å²) in [7, 11) is 0.905. The zero-order valence-corrected chi connectivity index (χ0v) is 46.1. The van der Waals surface area contributed by atoms with E-state index in [1.807, 2.05) is 45.4 Å². The summed E-state index contributed by atoms with van der Waals surface area (Å²) in [6.45, 7) is 3.63. The van der Waals surface area contributed by atoms with E-state index < -0.39 is 62.4 Å². The molecule has 4 N–H and O–H groups in total. The van der Waals surface area contributed by atoms with E-state index in [1.165, 1.54) is 127 Å². The summed E-state index contributed by atoms with van der Waals surface area (Å²) in [6.07, 6.45) is 47.1. The summed E-state index contributed by atoms with van der Waals surface area (Å²) in [5.74, 6) is -2.28. The molecule has 406 valence electrons. The number of carboxylic acids is 1. The number of quaternary nitrogens is 1. The Bertz CT molecular complexity index is 1500. The molecule has 5 atom stereocenters. The van der Waals surface area contributed by atoms with Crippen molar-refractivity contribution < 1.29 is 57.1 Å². The molecule has 13 nitrogen and oxygen atoms in total. The van der Waals surface area contributed by atoms with Gasteiger partial charge in [0.1, 0.15) is 25.8 Å². The zero-order chi connectivity index (χ0) is 52.0. The molecule has 0 radical (unpaired) electrons.